The van der Waals surface area contributed by atoms with Crippen LogP contribution >= 0.6 is 0 Å². The number of rotatable bonds is 3. The standard InChI is InChI=1S/C13H19N5O/c1-9(2)17-13(19)18(10(3)4)16-12(15-17)11-7-5-6-8-14-11/h5-10H,1-4H3,(H,15,16). The fourth-order valence-corrected chi connectivity index (χ4v) is 1.74. The van der Waals surface area contributed by atoms with Crippen LogP contribution in [0.2, 0.25) is 0 Å². The van der Waals surface area contributed by atoms with E-state index in [2.05, 4.69) is 15.5 Å². The van der Waals surface area contributed by atoms with E-state index in [1.807, 2.05) is 45.9 Å². The van der Waals surface area contributed by atoms with Gasteiger partial charge in [-0.2, -0.15) is 0 Å². The molecule has 6 heteroatoms. The highest BCUT2D eigenvalue weighted by Gasteiger charge is 2.31. The molecule has 2 amide bonds. The van der Waals surface area contributed by atoms with E-state index in [-0.39, 0.29) is 18.1 Å². The van der Waals surface area contributed by atoms with Crippen LogP contribution in [-0.2, 0) is 0 Å². The minimum absolute atomic E-state index is 0.00503. The van der Waals surface area contributed by atoms with Crippen molar-refractivity contribution in [3.05, 3.63) is 30.1 Å². The summed E-state index contributed by atoms with van der Waals surface area (Å²) >= 11 is 0. The smallest absolute Gasteiger partial charge is 0.274 e. The molecule has 1 aromatic heterocycles. The molecule has 1 aliphatic heterocycles. The summed E-state index contributed by atoms with van der Waals surface area (Å²) in [6.45, 7) is 7.76. The third-order valence-electron chi connectivity index (χ3n) is 2.75. The van der Waals surface area contributed by atoms with Crippen molar-refractivity contribution in [1.29, 1.82) is 0 Å². The minimum Gasteiger partial charge on any atom is -0.274 e. The van der Waals surface area contributed by atoms with Crippen molar-refractivity contribution in [2.75, 3.05) is 0 Å². The highest BCUT2D eigenvalue weighted by molar-refractivity contribution is 6.00. The third-order valence-corrected chi connectivity index (χ3v) is 2.75. The number of amidine groups is 1. The molecule has 19 heavy (non-hydrogen) atoms. The molecular weight excluding hydrogens is 242 g/mol. The number of hydrogen-bond donors (Lipinski definition) is 1. The first-order chi connectivity index (χ1) is 9.00. The Labute approximate surface area is 113 Å². The Morgan fingerprint density at radius 1 is 1.16 bits per heavy atom. The Morgan fingerprint density at radius 3 is 2.42 bits per heavy atom. The molecule has 0 bridgehead atoms. The molecule has 6 nitrogen and oxygen atoms in total. The predicted octanol–water partition coefficient (Wildman–Crippen LogP) is 1.80. The van der Waals surface area contributed by atoms with E-state index in [1.54, 1.807) is 11.2 Å². The van der Waals surface area contributed by atoms with Gasteiger partial charge in [0.05, 0.1) is 6.04 Å². The lowest BCUT2D eigenvalue weighted by Gasteiger charge is -2.37. The molecule has 0 radical (unpaired) electrons. The van der Waals surface area contributed by atoms with E-state index in [9.17, 15) is 4.79 Å². The van der Waals surface area contributed by atoms with Crippen molar-refractivity contribution in [3.63, 3.8) is 0 Å². The minimum atomic E-state index is -0.148. The lowest BCUT2D eigenvalue weighted by atomic mass is 10.3. The summed E-state index contributed by atoms with van der Waals surface area (Å²) in [5, 5.41) is 7.39. The molecule has 102 valence electrons. The number of carbonyl (C=O) groups excluding carboxylic acids is 1. The number of hydrazine groups is 1. The second-order valence-electron chi connectivity index (χ2n) is 4.96. The summed E-state index contributed by atoms with van der Waals surface area (Å²) in [6.07, 6.45) is 1.70. The highest BCUT2D eigenvalue weighted by atomic mass is 16.2. The Bertz CT molecular complexity index is 483. The first-order valence-corrected chi connectivity index (χ1v) is 6.39. The lowest BCUT2D eigenvalue weighted by Crippen LogP contribution is -2.59. The number of hydrogen-bond acceptors (Lipinski definition) is 4. The van der Waals surface area contributed by atoms with Gasteiger partial charge in [0.25, 0.3) is 0 Å². The van der Waals surface area contributed by atoms with E-state index >= 15 is 0 Å². The monoisotopic (exact) mass is 261 g/mol. The van der Waals surface area contributed by atoms with Gasteiger partial charge in [0.15, 0.2) is 5.84 Å². The van der Waals surface area contributed by atoms with E-state index in [0.717, 1.165) is 0 Å². The van der Waals surface area contributed by atoms with Crippen LogP contribution in [-0.4, -0.2) is 39.0 Å². The quantitative estimate of drug-likeness (QED) is 0.902. The van der Waals surface area contributed by atoms with Gasteiger partial charge in [0.2, 0.25) is 0 Å². The van der Waals surface area contributed by atoms with Gasteiger partial charge in [-0.25, -0.2) is 14.8 Å². The van der Waals surface area contributed by atoms with Gasteiger partial charge in [-0.15, -0.1) is 5.10 Å². The van der Waals surface area contributed by atoms with Crippen molar-refractivity contribution in [3.8, 4) is 0 Å². The number of amides is 2. The van der Waals surface area contributed by atoms with E-state index in [0.29, 0.717) is 11.5 Å². The summed E-state index contributed by atoms with van der Waals surface area (Å²) < 4.78 is 0. The topological polar surface area (TPSA) is 60.8 Å². The van der Waals surface area contributed by atoms with E-state index in [1.165, 1.54) is 5.01 Å². The molecule has 0 unspecified atom stereocenters. The van der Waals surface area contributed by atoms with Gasteiger partial charge < -0.3 is 0 Å². The van der Waals surface area contributed by atoms with Crippen LogP contribution in [0.5, 0.6) is 0 Å². The maximum Gasteiger partial charge on any atom is 0.359 e. The van der Waals surface area contributed by atoms with Crippen LogP contribution in [0.4, 0.5) is 4.79 Å². The fourth-order valence-electron chi connectivity index (χ4n) is 1.74. The molecule has 0 fully saturated rings. The summed E-state index contributed by atoms with van der Waals surface area (Å²) in [7, 11) is 0. The van der Waals surface area contributed by atoms with Gasteiger partial charge in [0.1, 0.15) is 5.69 Å². The second-order valence-corrected chi connectivity index (χ2v) is 4.96. The molecule has 0 saturated carbocycles. The number of carbonyl (C=O) groups is 1. The van der Waals surface area contributed by atoms with Crippen LogP contribution in [0.15, 0.2) is 29.5 Å². The number of nitrogens with zero attached hydrogens (tertiary/aromatic N) is 4. The normalized spacial score (nSPS) is 15.9. The molecule has 2 rings (SSSR count). The summed E-state index contributed by atoms with van der Waals surface area (Å²) in [5.74, 6) is 0.586. The second kappa shape index (κ2) is 5.26. The van der Waals surface area contributed by atoms with Crippen molar-refractivity contribution < 1.29 is 4.79 Å². The zero-order chi connectivity index (χ0) is 14.0. The number of hydrazone groups is 1. The average molecular weight is 261 g/mol. The van der Waals surface area contributed by atoms with E-state index in [4.69, 9.17) is 0 Å². The van der Waals surface area contributed by atoms with Gasteiger partial charge in [-0.05, 0) is 39.8 Å². The summed E-state index contributed by atoms with van der Waals surface area (Å²) in [5.41, 5.74) is 3.75. The number of aromatic nitrogens is 1. The molecule has 2 heterocycles. The molecule has 0 aromatic carbocycles. The molecule has 0 aliphatic carbocycles. The zero-order valence-corrected chi connectivity index (χ0v) is 11.7. The van der Waals surface area contributed by atoms with Crippen molar-refractivity contribution in [1.82, 2.24) is 20.4 Å². The van der Waals surface area contributed by atoms with Crippen molar-refractivity contribution in [2.24, 2.45) is 5.10 Å². The molecule has 1 aromatic rings. The maximum atomic E-state index is 12.2. The molecule has 1 aliphatic rings. The van der Waals surface area contributed by atoms with Crippen LogP contribution in [0.3, 0.4) is 0 Å². The van der Waals surface area contributed by atoms with Crippen LogP contribution in [0, 0.1) is 0 Å². The van der Waals surface area contributed by atoms with Gasteiger partial charge >= 0.3 is 6.03 Å². The lowest BCUT2D eigenvalue weighted by molar-refractivity contribution is 0.106. The van der Waals surface area contributed by atoms with Gasteiger partial charge in [-0.1, -0.05) is 6.07 Å². The molecule has 0 atom stereocenters. The molecular formula is C13H19N5O. The molecule has 0 spiro atoms. The van der Waals surface area contributed by atoms with Crippen molar-refractivity contribution in [2.45, 2.75) is 39.8 Å². The average Bonchev–Trinajstić information content (AvgIpc) is 2.39. The molecule has 1 N–H and O–H groups in total. The van der Waals surface area contributed by atoms with Crippen LogP contribution < -0.4 is 5.43 Å². The molecule has 0 saturated heterocycles. The number of urea groups is 1. The third kappa shape index (κ3) is 2.67. The van der Waals surface area contributed by atoms with Gasteiger partial charge in [0, 0.05) is 12.2 Å². The number of nitrogens with one attached hydrogen (secondary N) is 1. The first kappa shape index (κ1) is 13.3. The Morgan fingerprint density at radius 2 is 1.89 bits per heavy atom. The Balaban J connectivity index is 2.38. The Hall–Kier alpha value is -2.11. The first-order valence-electron chi connectivity index (χ1n) is 6.39. The van der Waals surface area contributed by atoms with Gasteiger partial charge in [-0.3, -0.25) is 10.4 Å². The fraction of sp³-hybridized carbons (Fsp3) is 0.462. The SMILES string of the molecule is CC(C)N1N=C(c2ccccn2)NN(C(C)C)C1=O. The predicted molar refractivity (Wildman–Crippen MR) is 73.3 cm³/mol. The maximum absolute atomic E-state index is 12.2. The van der Waals surface area contributed by atoms with Crippen LogP contribution in [0.1, 0.15) is 33.4 Å². The highest BCUT2D eigenvalue weighted by Crippen LogP contribution is 2.13. The number of pyridine rings is 1. The van der Waals surface area contributed by atoms with E-state index < -0.39 is 0 Å². The zero-order valence-electron chi connectivity index (χ0n) is 11.7. The van der Waals surface area contributed by atoms with Crippen LogP contribution in [0.25, 0.3) is 0 Å². The largest absolute Gasteiger partial charge is 0.359 e. The Kier molecular flexibility index (Phi) is 3.69. The summed E-state index contributed by atoms with van der Waals surface area (Å²) in [6, 6.07) is 5.47. The summed E-state index contributed by atoms with van der Waals surface area (Å²) in [4.78, 5) is 16.5. The van der Waals surface area contributed by atoms with Crippen molar-refractivity contribution >= 4 is 11.9 Å².